The van der Waals surface area contributed by atoms with Crippen LogP contribution in [0.3, 0.4) is 0 Å². The summed E-state index contributed by atoms with van der Waals surface area (Å²) in [6.45, 7) is 1.85. The van der Waals surface area contributed by atoms with Crippen LogP contribution in [0.25, 0.3) is 0 Å². The minimum atomic E-state index is -0.589. The molecule has 0 aliphatic carbocycles. The van der Waals surface area contributed by atoms with Crippen LogP contribution in [0, 0.1) is 5.41 Å². The van der Waals surface area contributed by atoms with Gasteiger partial charge >= 0.3 is 0 Å². The summed E-state index contributed by atoms with van der Waals surface area (Å²) in [7, 11) is 0. The molecule has 0 aliphatic rings. The van der Waals surface area contributed by atoms with Crippen molar-refractivity contribution in [2.75, 3.05) is 0 Å². The van der Waals surface area contributed by atoms with E-state index in [9.17, 15) is 5.11 Å². The second-order valence-electron chi connectivity index (χ2n) is 3.72. The number of benzene rings is 1. The molecule has 0 saturated heterocycles. The van der Waals surface area contributed by atoms with Gasteiger partial charge in [-0.05, 0) is 12.5 Å². The lowest BCUT2D eigenvalue weighted by Crippen LogP contribution is -2.09. The monoisotopic (exact) mass is 225 g/mol. The van der Waals surface area contributed by atoms with Crippen molar-refractivity contribution in [1.82, 2.24) is 0 Å². The zero-order valence-corrected chi connectivity index (χ0v) is 9.54. The normalized spacial score (nSPS) is 14.6. The maximum Gasteiger partial charge on any atom is 0.0841 e. The van der Waals surface area contributed by atoms with Crippen LogP contribution in [0.15, 0.2) is 30.3 Å². The first-order chi connectivity index (χ1) is 7.09. The Balaban J connectivity index is 2.49. The molecule has 0 radical (unpaired) electrons. The standard InChI is InChI=1S/C12H16ClNO/c1-9(13)7-11(14)8-12(15)10-5-3-2-4-6-10/h2-6,9,12,14-15H,7-8H2,1H3/t9?,12-/m0/s1. The predicted octanol–water partition coefficient (Wildman–Crippen LogP) is 3.15. The topological polar surface area (TPSA) is 44.1 Å². The molecule has 1 aromatic rings. The lowest BCUT2D eigenvalue weighted by molar-refractivity contribution is 0.185. The van der Waals surface area contributed by atoms with E-state index in [1.54, 1.807) is 0 Å². The molecule has 0 spiro atoms. The van der Waals surface area contributed by atoms with Crippen LogP contribution in [0.1, 0.15) is 31.4 Å². The Hall–Kier alpha value is -0.860. The molecular formula is C12H16ClNO. The van der Waals surface area contributed by atoms with Gasteiger partial charge < -0.3 is 10.5 Å². The molecule has 3 heteroatoms. The van der Waals surface area contributed by atoms with E-state index < -0.39 is 6.10 Å². The number of aliphatic hydroxyl groups is 1. The van der Waals surface area contributed by atoms with Gasteiger partial charge in [0.15, 0.2) is 0 Å². The van der Waals surface area contributed by atoms with Crippen LogP contribution in [0.5, 0.6) is 0 Å². The third kappa shape index (κ3) is 4.45. The van der Waals surface area contributed by atoms with Crippen molar-refractivity contribution in [3.63, 3.8) is 0 Å². The van der Waals surface area contributed by atoms with Crippen LogP contribution in [0.4, 0.5) is 0 Å². The predicted molar refractivity (Wildman–Crippen MR) is 63.7 cm³/mol. The van der Waals surface area contributed by atoms with Gasteiger partial charge in [-0.25, -0.2) is 0 Å². The summed E-state index contributed by atoms with van der Waals surface area (Å²) in [5.74, 6) is 0. The molecule has 0 bridgehead atoms. The lowest BCUT2D eigenvalue weighted by atomic mass is 10.0. The first kappa shape index (κ1) is 12.2. The SMILES string of the molecule is CC(Cl)CC(=N)C[C@H](O)c1ccccc1. The Kier molecular flexibility index (Phi) is 4.79. The van der Waals surface area contributed by atoms with E-state index >= 15 is 0 Å². The number of aliphatic hydroxyl groups excluding tert-OH is 1. The van der Waals surface area contributed by atoms with Gasteiger partial charge in [-0.2, -0.15) is 0 Å². The molecule has 82 valence electrons. The molecule has 0 amide bonds. The average molecular weight is 226 g/mol. The third-order valence-corrected chi connectivity index (χ3v) is 2.31. The Morgan fingerprint density at radius 1 is 1.33 bits per heavy atom. The second-order valence-corrected chi connectivity index (χ2v) is 4.46. The molecule has 15 heavy (non-hydrogen) atoms. The van der Waals surface area contributed by atoms with Crippen LogP contribution in [0.2, 0.25) is 0 Å². The first-order valence-corrected chi connectivity index (χ1v) is 5.46. The summed E-state index contributed by atoms with van der Waals surface area (Å²) in [5, 5.41) is 17.4. The van der Waals surface area contributed by atoms with Crippen LogP contribution in [-0.2, 0) is 0 Å². The average Bonchev–Trinajstić information content (AvgIpc) is 2.17. The number of nitrogens with one attached hydrogen (secondary N) is 1. The minimum absolute atomic E-state index is 0.0412. The van der Waals surface area contributed by atoms with E-state index in [4.69, 9.17) is 17.0 Å². The van der Waals surface area contributed by atoms with Crippen molar-refractivity contribution in [1.29, 1.82) is 5.41 Å². The molecule has 1 unspecified atom stereocenters. The molecule has 0 aliphatic heterocycles. The summed E-state index contributed by atoms with van der Waals surface area (Å²) in [5.41, 5.74) is 1.35. The van der Waals surface area contributed by atoms with Gasteiger partial charge in [0.25, 0.3) is 0 Å². The zero-order chi connectivity index (χ0) is 11.3. The number of alkyl halides is 1. The number of hydrogen-bond donors (Lipinski definition) is 2. The number of halogens is 1. The summed E-state index contributed by atoms with van der Waals surface area (Å²) in [4.78, 5) is 0. The highest BCUT2D eigenvalue weighted by Crippen LogP contribution is 2.18. The summed E-state index contributed by atoms with van der Waals surface area (Å²) >= 11 is 5.78. The molecule has 0 saturated carbocycles. The number of hydrogen-bond acceptors (Lipinski definition) is 2. The summed E-state index contributed by atoms with van der Waals surface area (Å²) in [6.07, 6.45) is 0.307. The van der Waals surface area contributed by atoms with Crippen LogP contribution in [-0.4, -0.2) is 16.2 Å². The zero-order valence-electron chi connectivity index (χ0n) is 8.78. The van der Waals surface area contributed by atoms with Crippen molar-refractivity contribution in [3.8, 4) is 0 Å². The Morgan fingerprint density at radius 2 is 1.93 bits per heavy atom. The third-order valence-electron chi connectivity index (χ3n) is 2.15. The molecule has 0 fully saturated rings. The minimum Gasteiger partial charge on any atom is -0.388 e. The van der Waals surface area contributed by atoms with Gasteiger partial charge in [-0.3, -0.25) is 0 Å². The molecule has 2 N–H and O–H groups in total. The fraction of sp³-hybridized carbons (Fsp3) is 0.417. The van der Waals surface area contributed by atoms with E-state index in [0.717, 1.165) is 5.56 Å². The maximum atomic E-state index is 9.82. The van der Waals surface area contributed by atoms with Gasteiger partial charge in [0.1, 0.15) is 0 Å². The Bertz CT molecular complexity index is 311. The van der Waals surface area contributed by atoms with E-state index in [1.165, 1.54) is 0 Å². The van der Waals surface area contributed by atoms with E-state index in [1.807, 2.05) is 37.3 Å². The molecule has 1 aromatic carbocycles. The van der Waals surface area contributed by atoms with E-state index in [2.05, 4.69) is 0 Å². The van der Waals surface area contributed by atoms with E-state index in [0.29, 0.717) is 18.6 Å². The van der Waals surface area contributed by atoms with Gasteiger partial charge in [0.2, 0.25) is 0 Å². The van der Waals surface area contributed by atoms with Gasteiger partial charge in [-0.15, -0.1) is 11.6 Å². The Morgan fingerprint density at radius 3 is 2.47 bits per heavy atom. The molecule has 2 atom stereocenters. The largest absolute Gasteiger partial charge is 0.388 e. The van der Waals surface area contributed by atoms with Crippen LogP contribution < -0.4 is 0 Å². The highest BCUT2D eigenvalue weighted by molar-refractivity contribution is 6.21. The highest BCUT2D eigenvalue weighted by Gasteiger charge is 2.11. The van der Waals surface area contributed by atoms with Crippen molar-refractivity contribution in [2.24, 2.45) is 0 Å². The molecule has 1 rings (SSSR count). The second kappa shape index (κ2) is 5.89. The van der Waals surface area contributed by atoms with Crippen molar-refractivity contribution >= 4 is 17.3 Å². The maximum absolute atomic E-state index is 9.82. The first-order valence-electron chi connectivity index (χ1n) is 5.03. The van der Waals surface area contributed by atoms with Crippen molar-refractivity contribution < 1.29 is 5.11 Å². The molecular weight excluding hydrogens is 210 g/mol. The molecule has 0 aromatic heterocycles. The van der Waals surface area contributed by atoms with Crippen LogP contribution >= 0.6 is 11.6 Å². The lowest BCUT2D eigenvalue weighted by Gasteiger charge is -2.12. The summed E-state index contributed by atoms with van der Waals surface area (Å²) < 4.78 is 0. The molecule has 2 nitrogen and oxygen atoms in total. The number of rotatable bonds is 5. The summed E-state index contributed by atoms with van der Waals surface area (Å²) in [6, 6.07) is 9.39. The highest BCUT2D eigenvalue weighted by atomic mass is 35.5. The van der Waals surface area contributed by atoms with Crippen molar-refractivity contribution in [2.45, 2.75) is 31.2 Å². The van der Waals surface area contributed by atoms with Gasteiger partial charge in [-0.1, -0.05) is 30.3 Å². The quantitative estimate of drug-likeness (QED) is 0.587. The van der Waals surface area contributed by atoms with Gasteiger partial charge in [0.05, 0.1) is 6.10 Å². The smallest absolute Gasteiger partial charge is 0.0841 e. The van der Waals surface area contributed by atoms with E-state index in [-0.39, 0.29) is 5.38 Å². The fourth-order valence-electron chi connectivity index (χ4n) is 1.45. The molecule has 0 heterocycles. The fourth-order valence-corrected chi connectivity index (χ4v) is 1.64. The Labute approximate surface area is 95.4 Å². The van der Waals surface area contributed by atoms with Crippen molar-refractivity contribution in [3.05, 3.63) is 35.9 Å². The van der Waals surface area contributed by atoms with Gasteiger partial charge in [0, 0.05) is 23.9 Å².